The van der Waals surface area contributed by atoms with Gasteiger partial charge in [-0.05, 0) is 47.4 Å². The molecular formula is C18H21NO2S. The first kappa shape index (κ1) is 16.4. The molecular weight excluding hydrogens is 294 g/mol. The first-order chi connectivity index (χ1) is 10.3. The quantitative estimate of drug-likeness (QED) is 0.926. The molecule has 2 aromatic rings. The van der Waals surface area contributed by atoms with E-state index in [0.717, 1.165) is 9.79 Å². The minimum absolute atomic E-state index is 0.0834. The van der Waals surface area contributed by atoms with Gasteiger partial charge in [-0.1, -0.05) is 32.9 Å². The van der Waals surface area contributed by atoms with Crippen LogP contribution in [0, 0.1) is 0 Å². The molecule has 22 heavy (non-hydrogen) atoms. The Bertz CT molecular complexity index is 683. The van der Waals surface area contributed by atoms with Crippen molar-refractivity contribution in [1.29, 1.82) is 0 Å². The molecule has 2 rings (SSSR count). The number of amides is 1. The topological polar surface area (TPSA) is 46.2 Å². The van der Waals surface area contributed by atoms with Crippen LogP contribution in [-0.4, -0.2) is 10.1 Å². The van der Waals surface area contributed by atoms with Crippen molar-refractivity contribution in [3.63, 3.8) is 0 Å². The molecule has 116 valence electrons. The van der Waals surface area contributed by atoms with Crippen LogP contribution in [0.2, 0.25) is 0 Å². The summed E-state index contributed by atoms with van der Waals surface area (Å²) in [6, 6.07) is 15.0. The number of hydrogen-bond donors (Lipinski definition) is 1. The zero-order valence-electron chi connectivity index (χ0n) is 13.3. The third kappa shape index (κ3) is 4.04. The third-order valence-electron chi connectivity index (χ3n) is 3.32. The van der Waals surface area contributed by atoms with Gasteiger partial charge in [0.15, 0.2) is 0 Å². The van der Waals surface area contributed by atoms with Crippen LogP contribution >= 0.6 is 0 Å². The largest absolute Gasteiger partial charge is 0.326 e. The number of nitrogens with one attached hydrogen (secondary N) is 1. The summed E-state index contributed by atoms with van der Waals surface area (Å²) in [5.41, 5.74) is 2.01. The maximum atomic E-state index is 12.6. The van der Waals surface area contributed by atoms with Crippen LogP contribution < -0.4 is 5.32 Å². The summed E-state index contributed by atoms with van der Waals surface area (Å²) in [4.78, 5) is 12.5. The van der Waals surface area contributed by atoms with Crippen molar-refractivity contribution in [3.05, 3.63) is 54.1 Å². The Kier molecular flexibility index (Phi) is 4.81. The molecule has 4 heteroatoms. The van der Waals surface area contributed by atoms with Gasteiger partial charge in [-0.15, -0.1) is 0 Å². The minimum atomic E-state index is -1.22. The molecule has 0 aliphatic rings. The molecule has 0 saturated heterocycles. The van der Waals surface area contributed by atoms with Crippen molar-refractivity contribution >= 4 is 22.4 Å². The minimum Gasteiger partial charge on any atom is -0.326 e. The van der Waals surface area contributed by atoms with E-state index in [1.807, 2.05) is 24.3 Å². The molecule has 1 unspecified atom stereocenters. The smallest absolute Gasteiger partial charge is 0.221 e. The molecule has 1 N–H and O–H groups in total. The second-order valence-electron chi connectivity index (χ2n) is 6.25. The van der Waals surface area contributed by atoms with E-state index < -0.39 is 10.8 Å². The summed E-state index contributed by atoms with van der Waals surface area (Å²) < 4.78 is 12.6. The SMILES string of the molecule is CC(=O)Nc1ccc(S(=O)c2ccc(C(C)(C)C)cc2)cc1. The summed E-state index contributed by atoms with van der Waals surface area (Å²) >= 11 is 0. The van der Waals surface area contributed by atoms with E-state index >= 15 is 0 Å². The summed E-state index contributed by atoms with van der Waals surface area (Å²) in [7, 11) is -1.22. The van der Waals surface area contributed by atoms with Crippen molar-refractivity contribution in [1.82, 2.24) is 0 Å². The molecule has 0 aliphatic carbocycles. The highest BCUT2D eigenvalue weighted by Crippen LogP contribution is 2.25. The summed E-state index contributed by atoms with van der Waals surface area (Å²) in [5.74, 6) is -0.119. The molecule has 2 aromatic carbocycles. The summed E-state index contributed by atoms with van der Waals surface area (Å²) in [6.45, 7) is 7.92. The number of hydrogen-bond acceptors (Lipinski definition) is 2. The van der Waals surface area contributed by atoms with Crippen LogP contribution in [0.1, 0.15) is 33.3 Å². The van der Waals surface area contributed by atoms with Crippen LogP contribution in [0.5, 0.6) is 0 Å². The first-order valence-corrected chi connectivity index (χ1v) is 8.32. The zero-order chi connectivity index (χ0) is 16.3. The van der Waals surface area contributed by atoms with Crippen molar-refractivity contribution in [3.8, 4) is 0 Å². The number of benzene rings is 2. The van der Waals surface area contributed by atoms with Gasteiger partial charge in [0.25, 0.3) is 0 Å². The Labute approximate surface area is 134 Å². The van der Waals surface area contributed by atoms with Gasteiger partial charge in [-0.2, -0.15) is 0 Å². The van der Waals surface area contributed by atoms with Gasteiger partial charge >= 0.3 is 0 Å². The van der Waals surface area contributed by atoms with E-state index in [2.05, 4.69) is 26.1 Å². The van der Waals surface area contributed by atoms with Crippen molar-refractivity contribution in [2.24, 2.45) is 0 Å². The highest BCUT2D eigenvalue weighted by molar-refractivity contribution is 7.85. The van der Waals surface area contributed by atoms with Gasteiger partial charge in [-0.25, -0.2) is 4.21 Å². The fourth-order valence-electron chi connectivity index (χ4n) is 2.08. The predicted molar refractivity (Wildman–Crippen MR) is 90.6 cm³/mol. The Morgan fingerprint density at radius 3 is 1.77 bits per heavy atom. The fourth-order valence-corrected chi connectivity index (χ4v) is 3.12. The lowest BCUT2D eigenvalue weighted by Crippen LogP contribution is -2.10. The lowest BCUT2D eigenvalue weighted by atomic mass is 9.87. The molecule has 0 spiro atoms. The number of carbonyl (C=O) groups is 1. The number of carbonyl (C=O) groups excluding carboxylic acids is 1. The van der Waals surface area contributed by atoms with Gasteiger partial charge in [0.1, 0.15) is 0 Å². The Balaban J connectivity index is 2.19. The maximum Gasteiger partial charge on any atom is 0.221 e. The van der Waals surface area contributed by atoms with Crippen LogP contribution in [0.25, 0.3) is 0 Å². The Morgan fingerprint density at radius 1 is 0.909 bits per heavy atom. The van der Waals surface area contributed by atoms with E-state index in [9.17, 15) is 9.00 Å². The van der Waals surface area contributed by atoms with Gasteiger partial charge in [0, 0.05) is 22.4 Å². The van der Waals surface area contributed by atoms with E-state index in [0.29, 0.717) is 5.69 Å². The van der Waals surface area contributed by atoms with E-state index in [1.54, 1.807) is 24.3 Å². The first-order valence-electron chi connectivity index (χ1n) is 7.17. The molecule has 0 aliphatic heterocycles. The third-order valence-corrected chi connectivity index (χ3v) is 4.72. The molecule has 1 atom stereocenters. The average Bonchev–Trinajstić information content (AvgIpc) is 2.46. The standard InChI is InChI=1S/C18H21NO2S/c1-13(20)19-15-7-11-17(12-8-15)22(21)16-9-5-14(6-10-16)18(2,3)4/h5-12H,1-4H3,(H,19,20). The summed E-state index contributed by atoms with van der Waals surface area (Å²) in [6.07, 6.45) is 0. The number of anilines is 1. The van der Waals surface area contributed by atoms with Gasteiger partial charge in [0.2, 0.25) is 5.91 Å². The monoisotopic (exact) mass is 315 g/mol. The van der Waals surface area contributed by atoms with Gasteiger partial charge in [0.05, 0.1) is 10.8 Å². The lowest BCUT2D eigenvalue weighted by Gasteiger charge is -2.19. The zero-order valence-corrected chi connectivity index (χ0v) is 14.2. The molecule has 3 nitrogen and oxygen atoms in total. The molecule has 0 bridgehead atoms. The van der Waals surface area contributed by atoms with Crippen LogP contribution in [0.4, 0.5) is 5.69 Å². The van der Waals surface area contributed by atoms with Crippen molar-refractivity contribution in [2.75, 3.05) is 5.32 Å². The van der Waals surface area contributed by atoms with Crippen LogP contribution in [0.15, 0.2) is 58.3 Å². The fraction of sp³-hybridized carbons (Fsp3) is 0.278. The van der Waals surface area contributed by atoms with Crippen LogP contribution in [-0.2, 0) is 21.0 Å². The maximum absolute atomic E-state index is 12.6. The molecule has 0 fully saturated rings. The second kappa shape index (κ2) is 6.44. The van der Waals surface area contributed by atoms with Gasteiger partial charge in [-0.3, -0.25) is 4.79 Å². The Morgan fingerprint density at radius 2 is 1.36 bits per heavy atom. The highest BCUT2D eigenvalue weighted by Gasteiger charge is 2.14. The lowest BCUT2D eigenvalue weighted by molar-refractivity contribution is -0.114. The molecule has 0 saturated carbocycles. The van der Waals surface area contributed by atoms with E-state index in [4.69, 9.17) is 0 Å². The Hall–Kier alpha value is -1.94. The molecule has 0 aromatic heterocycles. The highest BCUT2D eigenvalue weighted by atomic mass is 32.2. The van der Waals surface area contributed by atoms with Gasteiger partial charge < -0.3 is 5.32 Å². The second-order valence-corrected chi connectivity index (χ2v) is 7.73. The van der Waals surface area contributed by atoms with E-state index in [1.165, 1.54) is 12.5 Å². The molecule has 0 heterocycles. The van der Waals surface area contributed by atoms with Crippen molar-refractivity contribution < 1.29 is 9.00 Å². The van der Waals surface area contributed by atoms with Crippen LogP contribution in [0.3, 0.4) is 0 Å². The summed E-state index contributed by atoms with van der Waals surface area (Å²) in [5, 5.41) is 2.70. The average molecular weight is 315 g/mol. The van der Waals surface area contributed by atoms with Crippen molar-refractivity contribution in [2.45, 2.75) is 42.9 Å². The normalized spacial score (nSPS) is 12.7. The predicted octanol–water partition coefficient (Wildman–Crippen LogP) is 4.11. The number of rotatable bonds is 3. The molecule has 1 amide bonds. The molecule has 0 radical (unpaired) electrons. The van der Waals surface area contributed by atoms with E-state index in [-0.39, 0.29) is 11.3 Å².